The number of benzene rings is 2. The number of rotatable bonds is 8. The van der Waals surface area contributed by atoms with Crippen LogP contribution in [0.3, 0.4) is 0 Å². The second-order valence-corrected chi connectivity index (χ2v) is 7.68. The van der Waals surface area contributed by atoms with E-state index in [9.17, 15) is 9.59 Å². The van der Waals surface area contributed by atoms with Crippen LogP contribution >= 0.6 is 11.8 Å². The Labute approximate surface area is 177 Å². The molecule has 30 heavy (non-hydrogen) atoms. The van der Waals surface area contributed by atoms with E-state index in [1.54, 1.807) is 0 Å². The van der Waals surface area contributed by atoms with Gasteiger partial charge in [-0.1, -0.05) is 72.4 Å². The number of nitrogens with zero attached hydrogens (tertiary/aromatic N) is 3. The van der Waals surface area contributed by atoms with Crippen molar-refractivity contribution in [2.75, 3.05) is 12.3 Å². The van der Waals surface area contributed by atoms with Crippen LogP contribution in [0.2, 0.25) is 0 Å². The third kappa shape index (κ3) is 4.96. The molecular weight excluding hydrogens is 398 g/mol. The van der Waals surface area contributed by atoms with Crippen LogP contribution in [-0.4, -0.2) is 37.8 Å². The van der Waals surface area contributed by atoms with Crippen molar-refractivity contribution in [1.29, 1.82) is 0 Å². The highest BCUT2D eigenvalue weighted by Crippen LogP contribution is 2.21. The molecule has 2 N–H and O–H groups in total. The highest BCUT2D eigenvalue weighted by Gasteiger charge is 2.13. The predicted octanol–water partition coefficient (Wildman–Crippen LogP) is 2.93. The molecular formula is C22H21N5O2S. The van der Waals surface area contributed by atoms with Crippen molar-refractivity contribution in [3.63, 3.8) is 0 Å². The topological polar surface area (TPSA) is 92.2 Å². The first-order valence-corrected chi connectivity index (χ1v) is 10.7. The Balaban J connectivity index is 1.39. The highest BCUT2D eigenvalue weighted by molar-refractivity contribution is 7.99. The number of carbonyl (C=O) groups excluding carboxylic acids is 1. The third-order valence-corrected chi connectivity index (χ3v) is 5.43. The molecule has 7 nitrogen and oxygen atoms in total. The third-order valence-electron chi connectivity index (χ3n) is 4.50. The van der Waals surface area contributed by atoms with Gasteiger partial charge in [0.25, 0.3) is 5.56 Å². The summed E-state index contributed by atoms with van der Waals surface area (Å²) in [7, 11) is 0. The number of carbonyl (C=O) groups is 1. The fourth-order valence-corrected chi connectivity index (χ4v) is 3.82. The maximum Gasteiger partial charge on any atom is 0.266 e. The summed E-state index contributed by atoms with van der Waals surface area (Å²) in [5.74, 6) is 0.641. The van der Waals surface area contributed by atoms with Gasteiger partial charge in [0.1, 0.15) is 0 Å². The summed E-state index contributed by atoms with van der Waals surface area (Å²) >= 11 is 1.26. The number of hydrogen-bond acceptors (Lipinski definition) is 5. The maximum atomic E-state index is 12.3. The Bertz CT molecular complexity index is 1190. The van der Waals surface area contributed by atoms with E-state index in [4.69, 9.17) is 0 Å². The van der Waals surface area contributed by atoms with Crippen molar-refractivity contribution in [3.8, 4) is 11.4 Å². The van der Waals surface area contributed by atoms with Gasteiger partial charge in [0.2, 0.25) is 5.91 Å². The van der Waals surface area contributed by atoms with Gasteiger partial charge in [-0.05, 0) is 18.4 Å². The molecule has 0 spiro atoms. The van der Waals surface area contributed by atoms with Crippen LogP contribution in [0.1, 0.15) is 12.0 Å². The Morgan fingerprint density at radius 2 is 1.77 bits per heavy atom. The molecule has 0 atom stereocenters. The van der Waals surface area contributed by atoms with Gasteiger partial charge in [-0.3, -0.25) is 14.7 Å². The Morgan fingerprint density at radius 3 is 2.53 bits per heavy atom. The van der Waals surface area contributed by atoms with Crippen molar-refractivity contribution < 1.29 is 4.79 Å². The molecule has 4 rings (SSSR count). The van der Waals surface area contributed by atoms with Crippen LogP contribution in [-0.2, 0) is 11.2 Å². The number of aromatic amines is 1. The lowest BCUT2D eigenvalue weighted by molar-refractivity contribution is -0.118. The second-order valence-electron chi connectivity index (χ2n) is 6.74. The van der Waals surface area contributed by atoms with Crippen molar-refractivity contribution in [2.45, 2.75) is 18.0 Å². The zero-order valence-corrected chi connectivity index (χ0v) is 17.1. The lowest BCUT2D eigenvalue weighted by Gasteiger charge is -2.08. The number of amides is 1. The number of fused-ring (bicyclic) bond motifs is 1. The summed E-state index contributed by atoms with van der Waals surface area (Å²) in [5.41, 5.74) is 2.32. The molecule has 0 aliphatic heterocycles. The molecule has 0 saturated heterocycles. The average Bonchev–Trinajstić information content (AvgIpc) is 3.16. The van der Waals surface area contributed by atoms with Crippen molar-refractivity contribution in [3.05, 3.63) is 82.6 Å². The predicted molar refractivity (Wildman–Crippen MR) is 118 cm³/mol. The van der Waals surface area contributed by atoms with Crippen molar-refractivity contribution in [1.82, 2.24) is 24.9 Å². The molecule has 0 fully saturated rings. The molecule has 0 bridgehead atoms. The van der Waals surface area contributed by atoms with Gasteiger partial charge in [0, 0.05) is 18.2 Å². The largest absolute Gasteiger partial charge is 0.355 e. The SMILES string of the molecule is O=C(CSc1nc(-c2ccccc2)nc2cc(=O)[nH]n12)NCCCc1ccccc1. The molecule has 0 saturated carbocycles. The molecule has 4 aromatic rings. The minimum absolute atomic E-state index is 0.0735. The van der Waals surface area contributed by atoms with Crippen molar-refractivity contribution >= 4 is 23.3 Å². The summed E-state index contributed by atoms with van der Waals surface area (Å²) in [6.45, 7) is 0.614. The molecule has 0 unspecified atom stereocenters. The molecule has 2 aromatic carbocycles. The van der Waals surface area contributed by atoms with Crippen LogP contribution in [0.15, 0.2) is 76.7 Å². The number of thioether (sulfide) groups is 1. The number of hydrogen-bond donors (Lipinski definition) is 2. The zero-order valence-electron chi connectivity index (χ0n) is 16.2. The van der Waals surface area contributed by atoms with Gasteiger partial charge in [-0.2, -0.15) is 0 Å². The van der Waals surface area contributed by atoms with E-state index in [1.165, 1.54) is 27.9 Å². The van der Waals surface area contributed by atoms with Crippen LogP contribution in [0.4, 0.5) is 0 Å². The second kappa shape index (κ2) is 9.41. The van der Waals surface area contributed by atoms with Gasteiger partial charge >= 0.3 is 0 Å². The summed E-state index contributed by atoms with van der Waals surface area (Å²) in [6.07, 6.45) is 1.80. The number of aryl methyl sites for hydroxylation is 1. The van der Waals surface area contributed by atoms with Gasteiger partial charge in [0.05, 0.1) is 5.75 Å². The van der Waals surface area contributed by atoms with Crippen LogP contribution in [0.5, 0.6) is 0 Å². The van der Waals surface area contributed by atoms with Gasteiger partial charge in [-0.15, -0.1) is 0 Å². The summed E-state index contributed by atoms with van der Waals surface area (Å²) in [4.78, 5) is 33.1. The molecule has 8 heteroatoms. The fourth-order valence-electron chi connectivity index (χ4n) is 3.04. The molecule has 0 aliphatic rings. The van der Waals surface area contributed by atoms with E-state index in [2.05, 4.69) is 32.5 Å². The van der Waals surface area contributed by atoms with E-state index < -0.39 is 0 Å². The number of H-pyrrole nitrogens is 1. The van der Waals surface area contributed by atoms with Gasteiger partial charge in [-0.25, -0.2) is 14.5 Å². The zero-order chi connectivity index (χ0) is 20.8. The molecule has 0 radical (unpaired) electrons. The molecule has 2 heterocycles. The van der Waals surface area contributed by atoms with E-state index in [0.29, 0.717) is 23.2 Å². The van der Waals surface area contributed by atoms with Gasteiger partial charge in [0.15, 0.2) is 16.6 Å². The minimum atomic E-state index is -0.262. The Hall–Kier alpha value is -3.39. The summed E-state index contributed by atoms with van der Waals surface area (Å²) < 4.78 is 1.52. The quantitative estimate of drug-likeness (QED) is 0.338. The van der Waals surface area contributed by atoms with E-state index >= 15 is 0 Å². The average molecular weight is 420 g/mol. The molecule has 0 aliphatic carbocycles. The lowest BCUT2D eigenvalue weighted by Crippen LogP contribution is -2.26. The van der Waals surface area contributed by atoms with Crippen molar-refractivity contribution in [2.24, 2.45) is 0 Å². The number of nitrogens with one attached hydrogen (secondary N) is 2. The maximum absolute atomic E-state index is 12.3. The van der Waals surface area contributed by atoms with Crippen LogP contribution in [0.25, 0.3) is 17.0 Å². The first-order chi connectivity index (χ1) is 14.7. The lowest BCUT2D eigenvalue weighted by atomic mass is 10.1. The fraction of sp³-hybridized carbons (Fsp3) is 0.182. The van der Waals surface area contributed by atoms with Crippen LogP contribution < -0.4 is 10.9 Å². The Kier molecular flexibility index (Phi) is 6.24. The first-order valence-electron chi connectivity index (χ1n) is 9.68. The molecule has 1 amide bonds. The summed E-state index contributed by atoms with van der Waals surface area (Å²) in [5, 5.41) is 6.14. The normalized spacial score (nSPS) is 10.9. The first kappa shape index (κ1) is 19.9. The van der Waals surface area contributed by atoms with Gasteiger partial charge < -0.3 is 5.32 Å². The summed E-state index contributed by atoms with van der Waals surface area (Å²) in [6, 6.07) is 21.2. The van der Waals surface area contributed by atoms with E-state index in [1.807, 2.05) is 48.5 Å². The highest BCUT2D eigenvalue weighted by atomic mass is 32.2. The van der Waals surface area contributed by atoms with Crippen LogP contribution in [0, 0.1) is 0 Å². The minimum Gasteiger partial charge on any atom is -0.355 e. The van der Waals surface area contributed by atoms with E-state index in [0.717, 1.165) is 18.4 Å². The smallest absolute Gasteiger partial charge is 0.266 e. The Morgan fingerprint density at radius 1 is 1.03 bits per heavy atom. The standard InChI is InChI=1S/C22H21N5O2S/c28-19-14-18-24-21(17-11-5-2-6-12-17)25-22(27(18)26-19)30-15-20(29)23-13-7-10-16-8-3-1-4-9-16/h1-6,8-9,11-12,14H,7,10,13,15H2,(H,23,29)(H,26,28). The molecule has 152 valence electrons. The monoisotopic (exact) mass is 419 g/mol. The number of aromatic nitrogens is 4. The molecule has 2 aromatic heterocycles. The van der Waals surface area contributed by atoms with E-state index in [-0.39, 0.29) is 17.2 Å².